The van der Waals surface area contributed by atoms with Crippen molar-refractivity contribution in [3.05, 3.63) is 64.9 Å². The predicted molar refractivity (Wildman–Crippen MR) is 93.9 cm³/mol. The second-order valence-corrected chi connectivity index (χ2v) is 5.75. The van der Waals surface area contributed by atoms with Crippen LogP contribution in [0.15, 0.2) is 48.5 Å². The average molecular weight is 365 g/mol. The number of benzene rings is 2. The molecule has 0 fully saturated rings. The van der Waals surface area contributed by atoms with Gasteiger partial charge in [0.15, 0.2) is 0 Å². The van der Waals surface area contributed by atoms with Crippen LogP contribution < -0.4 is 5.32 Å². The van der Waals surface area contributed by atoms with E-state index in [2.05, 4.69) is 10.1 Å². The number of rotatable bonds is 6. The standard InChI is InChI=1S/C18H18ClFN2O3/c1-25-17(23)9-10-22(12-13-5-7-15(20)8-6-13)18(24)21-16-4-2-3-14(19)11-16/h2-8,11H,9-10,12H2,1H3,(H,21,24). The molecule has 2 rings (SSSR count). The van der Waals surface area contributed by atoms with Gasteiger partial charge in [-0.3, -0.25) is 4.79 Å². The number of methoxy groups -OCH3 is 1. The van der Waals surface area contributed by atoms with Crippen LogP contribution in [0.5, 0.6) is 0 Å². The van der Waals surface area contributed by atoms with Gasteiger partial charge < -0.3 is 15.0 Å². The molecule has 1 N–H and O–H groups in total. The SMILES string of the molecule is COC(=O)CCN(Cc1ccc(F)cc1)C(=O)Nc1cccc(Cl)c1. The van der Waals surface area contributed by atoms with E-state index < -0.39 is 12.0 Å². The molecule has 0 aliphatic carbocycles. The molecule has 0 saturated carbocycles. The lowest BCUT2D eigenvalue weighted by Crippen LogP contribution is -2.36. The normalized spacial score (nSPS) is 10.2. The van der Waals surface area contributed by atoms with Crippen molar-refractivity contribution in [2.75, 3.05) is 19.0 Å². The molecule has 0 unspecified atom stereocenters. The molecule has 2 aromatic carbocycles. The Morgan fingerprint density at radius 3 is 2.56 bits per heavy atom. The van der Waals surface area contributed by atoms with Gasteiger partial charge in [-0.05, 0) is 35.9 Å². The van der Waals surface area contributed by atoms with Gasteiger partial charge in [-0.15, -0.1) is 0 Å². The maximum atomic E-state index is 13.0. The van der Waals surface area contributed by atoms with Crippen molar-refractivity contribution in [2.24, 2.45) is 0 Å². The Bertz CT molecular complexity index is 737. The van der Waals surface area contributed by atoms with Crippen LogP contribution in [-0.4, -0.2) is 30.6 Å². The van der Waals surface area contributed by atoms with E-state index in [4.69, 9.17) is 11.6 Å². The molecule has 132 valence electrons. The molecule has 0 bridgehead atoms. The lowest BCUT2D eigenvalue weighted by Gasteiger charge is -2.23. The number of nitrogens with zero attached hydrogens (tertiary/aromatic N) is 1. The summed E-state index contributed by atoms with van der Waals surface area (Å²) in [5.41, 5.74) is 1.28. The average Bonchev–Trinajstić information content (AvgIpc) is 2.59. The number of nitrogens with one attached hydrogen (secondary N) is 1. The number of hydrogen-bond acceptors (Lipinski definition) is 3. The predicted octanol–water partition coefficient (Wildman–Crippen LogP) is 4.08. The first-order valence-corrected chi connectivity index (χ1v) is 7.98. The molecule has 0 aliphatic rings. The first kappa shape index (κ1) is 18.7. The summed E-state index contributed by atoms with van der Waals surface area (Å²) in [6, 6.07) is 12.2. The van der Waals surface area contributed by atoms with Crippen molar-refractivity contribution in [3.8, 4) is 0 Å². The number of halogens is 2. The zero-order valence-electron chi connectivity index (χ0n) is 13.7. The van der Waals surface area contributed by atoms with Crippen LogP contribution in [0.1, 0.15) is 12.0 Å². The van der Waals surface area contributed by atoms with E-state index in [1.807, 2.05) is 0 Å². The Morgan fingerprint density at radius 1 is 1.20 bits per heavy atom. The molecule has 0 atom stereocenters. The third-order valence-corrected chi connectivity index (χ3v) is 3.70. The van der Waals surface area contributed by atoms with E-state index in [1.54, 1.807) is 36.4 Å². The fourth-order valence-corrected chi connectivity index (χ4v) is 2.35. The van der Waals surface area contributed by atoms with Gasteiger partial charge in [0.1, 0.15) is 5.82 Å². The number of carbonyl (C=O) groups excluding carboxylic acids is 2. The number of amides is 2. The summed E-state index contributed by atoms with van der Waals surface area (Å²) in [5.74, 6) is -0.770. The minimum atomic E-state index is -0.417. The first-order chi connectivity index (χ1) is 12.0. The molecule has 2 aromatic rings. The van der Waals surface area contributed by atoms with E-state index >= 15 is 0 Å². The molecule has 0 radical (unpaired) electrons. The fraction of sp³-hybridized carbons (Fsp3) is 0.222. The summed E-state index contributed by atoms with van der Waals surface area (Å²) in [7, 11) is 1.29. The van der Waals surface area contributed by atoms with E-state index in [9.17, 15) is 14.0 Å². The summed E-state index contributed by atoms with van der Waals surface area (Å²) in [6.45, 7) is 0.389. The summed E-state index contributed by atoms with van der Waals surface area (Å²) in [5, 5.41) is 3.23. The third kappa shape index (κ3) is 6.08. The maximum Gasteiger partial charge on any atom is 0.322 e. The fourth-order valence-electron chi connectivity index (χ4n) is 2.16. The molecule has 7 heteroatoms. The summed E-state index contributed by atoms with van der Waals surface area (Å²) in [4.78, 5) is 25.4. The molecular formula is C18H18ClFN2O3. The third-order valence-electron chi connectivity index (χ3n) is 3.46. The van der Waals surface area contributed by atoms with Gasteiger partial charge in [0.05, 0.1) is 13.5 Å². The zero-order valence-corrected chi connectivity index (χ0v) is 14.4. The first-order valence-electron chi connectivity index (χ1n) is 7.60. The van der Waals surface area contributed by atoms with Crippen LogP contribution in [0.2, 0.25) is 5.02 Å². The van der Waals surface area contributed by atoms with E-state index in [0.717, 1.165) is 5.56 Å². The molecule has 0 spiro atoms. The van der Waals surface area contributed by atoms with Crippen LogP contribution in [0.3, 0.4) is 0 Å². The summed E-state index contributed by atoms with van der Waals surface area (Å²) >= 11 is 5.91. The topological polar surface area (TPSA) is 58.6 Å². The highest BCUT2D eigenvalue weighted by Gasteiger charge is 2.16. The van der Waals surface area contributed by atoms with Gasteiger partial charge in [0, 0.05) is 23.8 Å². The minimum Gasteiger partial charge on any atom is -0.469 e. The minimum absolute atomic E-state index is 0.0562. The van der Waals surface area contributed by atoms with Gasteiger partial charge in [-0.1, -0.05) is 29.8 Å². The van der Waals surface area contributed by atoms with Gasteiger partial charge >= 0.3 is 12.0 Å². The van der Waals surface area contributed by atoms with Crippen LogP contribution >= 0.6 is 11.6 Å². The van der Waals surface area contributed by atoms with Gasteiger partial charge in [-0.25, -0.2) is 9.18 Å². The summed E-state index contributed by atoms with van der Waals surface area (Å²) < 4.78 is 17.7. The molecule has 0 aromatic heterocycles. The number of carbonyl (C=O) groups is 2. The van der Waals surface area contributed by atoms with Crippen LogP contribution in [0, 0.1) is 5.82 Å². The van der Waals surface area contributed by atoms with Crippen molar-refractivity contribution < 1.29 is 18.7 Å². The molecule has 25 heavy (non-hydrogen) atoms. The molecule has 5 nitrogen and oxygen atoms in total. The highest BCUT2D eigenvalue weighted by Crippen LogP contribution is 2.16. The Balaban J connectivity index is 2.10. The molecule has 2 amide bonds. The highest BCUT2D eigenvalue weighted by molar-refractivity contribution is 6.30. The van der Waals surface area contributed by atoms with Crippen molar-refractivity contribution in [2.45, 2.75) is 13.0 Å². The number of hydrogen-bond donors (Lipinski definition) is 1. The summed E-state index contributed by atoms with van der Waals surface area (Å²) in [6.07, 6.45) is 0.0562. The van der Waals surface area contributed by atoms with Gasteiger partial charge in [-0.2, -0.15) is 0 Å². The second-order valence-electron chi connectivity index (χ2n) is 5.31. The molecule has 0 heterocycles. The van der Waals surface area contributed by atoms with E-state index in [1.165, 1.54) is 24.1 Å². The lowest BCUT2D eigenvalue weighted by atomic mass is 10.2. The van der Waals surface area contributed by atoms with Crippen LogP contribution in [0.4, 0.5) is 14.9 Å². The van der Waals surface area contributed by atoms with E-state index in [-0.39, 0.29) is 25.3 Å². The largest absolute Gasteiger partial charge is 0.469 e. The smallest absolute Gasteiger partial charge is 0.322 e. The van der Waals surface area contributed by atoms with Crippen molar-refractivity contribution in [3.63, 3.8) is 0 Å². The number of esters is 1. The molecular weight excluding hydrogens is 347 g/mol. The van der Waals surface area contributed by atoms with Crippen molar-refractivity contribution in [1.29, 1.82) is 0 Å². The molecule has 0 aliphatic heterocycles. The Labute approximate surface area is 150 Å². The number of ether oxygens (including phenoxy) is 1. The Morgan fingerprint density at radius 2 is 1.92 bits per heavy atom. The Kier molecular flexibility index (Phi) is 6.77. The lowest BCUT2D eigenvalue weighted by molar-refractivity contribution is -0.140. The maximum absolute atomic E-state index is 13.0. The molecule has 0 saturated heterocycles. The number of urea groups is 1. The quantitative estimate of drug-likeness (QED) is 0.786. The number of anilines is 1. The van der Waals surface area contributed by atoms with Gasteiger partial charge in [0.2, 0.25) is 0 Å². The van der Waals surface area contributed by atoms with Crippen molar-refractivity contribution in [1.82, 2.24) is 4.90 Å². The monoisotopic (exact) mass is 364 g/mol. The van der Waals surface area contributed by atoms with Gasteiger partial charge in [0.25, 0.3) is 0 Å². The zero-order chi connectivity index (χ0) is 18.2. The second kappa shape index (κ2) is 9.03. The highest BCUT2D eigenvalue weighted by atomic mass is 35.5. The van der Waals surface area contributed by atoms with Crippen LogP contribution in [-0.2, 0) is 16.1 Å². The van der Waals surface area contributed by atoms with Crippen molar-refractivity contribution >= 4 is 29.3 Å². The van der Waals surface area contributed by atoms with E-state index in [0.29, 0.717) is 10.7 Å². The van der Waals surface area contributed by atoms with Crippen LogP contribution in [0.25, 0.3) is 0 Å². The Hall–Kier alpha value is -2.60.